The van der Waals surface area contributed by atoms with Gasteiger partial charge in [0.05, 0.1) is 12.2 Å². The van der Waals surface area contributed by atoms with Crippen LogP contribution in [0.3, 0.4) is 0 Å². The lowest BCUT2D eigenvalue weighted by Gasteiger charge is -2.21. The summed E-state index contributed by atoms with van der Waals surface area (Å²) < 4.78 is 1.40. The zero-order chi connectivity index (χ0) is 30.1. The number of aromatic amines is 1. The van der Waals surface area contributed by atoms with E-state index >= 15 is 0 Å². The molecule has 0 radical (unpaired) electrons. The SMILES string of the molecule is CN(C)C(=O)/C=C/CCC(NC(=O)O)C(=O)Nc1cccn(Cc2nc3ncnc(CCC4CCCCC4)c3[nH]2)c1=O. The molecule has 1 atom stereocenters. The van der Waals surface area contributed by atoms with Gasteiger partial charge in [0.1, 0.15) is 29.4 Å². The average molecular weight is 579 g/mol. The molecule has 4 rings (SSSR count). The number of carbonyl (C=O) groups is 3. The van der Waals surface area contributed by atoms with Crippen LogP contribution >= 0.6 is 0 Å². The minimum absolute atomic E-state index is 0.00194. The van der Waals surface area contributed by atoms with Gasteiger partial charge in [-0.2, -0.15) is 0 Å². The van der Waals surface area contributed by atoms with Gasteiger partial charge in [-0.15, -0.1) is 0 Å². The number of likely N-dealkylation sites (N-methyl/N-ethyl adjacent to an activating group) is 1. The van der Waals surface area contributed by atoms with Crippen LogP contribution in [0.2, 0.25) is 0 Å². The Morgan fingerprint density at radius 1 is 1.21 bits per heavy atom. The van der Waals surface area contributed by atoms with Crippen molar-refractivity contribution in [1.82, 2.24) is 34.7 Å². The number of anilines is 1. The van der Waals surface area contributed by atoms with Gasteiger partial charge in [-0.3, -0.25) is 14.4 Å². The number of aromatic nitrogens is 5. The largest absolute Gasteiger partial charge is 0.465 e. The van der Waals surface area contributed by atoms with Crippen molar-refractivity contribution in [1.29, 1.82) is 0 Å². The lowest BCUT2D eigenvalue weighted by molar-refractivity contribution is -0.123. The number of pyridine rings is 1. The van der Waals surface area contributed by atoms with Gasteiger partial charge < -0.3 is 30.2 Å². The summed E-state index contributed by atoms with van der Waals surface area (Å²) in [7, 11) is 3.22. The molecule has 0 bridgehead atoms. The number of nitrogens with zero attached hydrogens (tertiary/aromatic N) is 5. The first-order chi connectivity index (χ1) is 20.2. The highest BCUT2D eigenvalue weighted by Gasteiger charge is 2.22. The Hall–Kier alpha value is -4.55. The van der Waals surface area contributed by atoms with Crippen molar-refractivity contribution in [3.63, 3.8) is 0 Å². The first-order valence-corrected chi connectivity index (χ1v) is 14.3. The van der Waals surface area contributed by atoms with Gasteiger partial charge >= 0.3 is 6.09 Å². The van der Waals surface area contributed by atoms with E-state index in [9.17, 15) is 24.3 Å². The Kier molecular flexibility index (Phi) is 10.4. The van der Waals surface area contributed by atoms with E-state index in [1.165, 1.54) is 60.0 Å². The van der Waals surface area contributed by atoms with Crippen molar-refractivity contribution in [3.8, 4) is 0 Å². The third-order valence-electron chi connectivity index (χ3n) is 7.47. The predicted octanol–water partition coefficient (Wildman–Crippen LogP) is 3.08. The summed E-state index contributed by atoms with van der Waals surface area (Å²) in [5.41, 5.74) is 1.75. The standard InChI is InChI=1S/C29H38N8O5/c1-36(2)24(38)13-7-6-11-21(33-29(41)42)27(39)32-22-12-8-16-37(28(22)40)17-23-34-25-20(30-18-31-26(25)35-23)15-14-19-9-4-3-5-10-19/h7-8,12-13,16,18-19,21,33H,3-6,9-11,14-15,17H2,1-2H3,(H,32,39)(H,41,42)(H,30,31,34,35)/b13-7+. The molecule has 0 aliphatic heterocycles. The lowest BCUT2D eigenvalue weighted by atomic mass is 9.86. The number of allylic oxidation sites excluding steroid dienone is 1. The third kappa shape index (κ3) is 8.24. The first kappa shape index (κ1) is 30.4. The van der Waals surface area contributed by atoms with Crippen LogP contribution in [0.4, 0.5) is 10.5 Å². The topological polar surface area (TPSA) is 175 Å². The van der Waals surface area contributed by atoms with E-state index in [0.29, 0.717) is 11.5 Å². The van der Waals surface area contributed by atoms with Crippen LogP contribution in [0.15, 0.2) is 41.6 Å². The fourth-order valence-electron chi connectivity index (χ4n) is 5.16. The summed E-state index contributed by atoms with van der Waals surface area (Å²) >= 11 is 0. The molecule has 1 fully saturated rings. The van der Waals surface area contributed by atoms with Crippen LogP contribution in [-0.2, 0) is 22.6 Å². The molecule has 13 heteroatoms. The smallest absolute Gasteiger partial charge is 0.405 e. The van der Waals surface area contributed by atoms with Crippen molar-refractivity contribution >= 4 is 34.8 Å². The Labute approximate surface area is 243 Å². The van der Waals surface area contributed by atoms with E-state index < -0.39 is 23.6 Å². The van der Waals surface area contributed by atoms with Gasteiger partial charge in [-0.05, 0) is 49.8 Å². The van der Waals surface area contributed by atoms with Gasteiger partial charge in [0, 0.05) is 20.3 Å². The van der Waals surface area contributed by atoms with E-state index in [0.717, 1.165) is 30.0 Å². The second-order valence-corrected chi connectivity index (χ2v) is 10.8. The van der Waals surface area contributed by atoms with Gasteiger partial charge in [-0.25, -0.2) is 19.7 Å². The number of H-pyrrole nitrogens is 1. The van der Waals surface area contributed by atoms with Crippen molar-refractivity contribution in [2.24, 2.45) is 5.92 Å². The second kappa shape index (κ2) is 14.4. The number of carbonyl (C=O) groups excluding carboxylic acids is 2. The molecule has 3 heterocycles. The third-order valence-corrected chi connectivity index (χ3v) is 7.47. The predicted molar refractivity (Wildman–Crippen MR) is 157 cm³/mol. The van der Waals surface area contributed by atoms with E-state index in [2.05, 4.69) is 30.6 Å². The molecule has 13 nitrogen and oxygen atoms in total. The molecule has 0 aromatic carbocycles. The normalized spacial score (nSPS) is 14.6. The van der Waals surface area contributed by atoms with E-state index in [4.69, 9.17) is 0 Å². The van der Waals surface area contributed by atoms with Gasteiger partial charge in [0.15, 0.2) is 5.65 Å². The van der Waals surface area contributed by atoms with Crippen LogP contribution < -0.4 is 16.2 Å². The van der Waals surface area contributed by atoms with Crippen LogP contribution in [-0.4, -0.2) is 72.6 Å². The molecule has 1 unspecified atom stereocenters. The molecular weight excluding hydrogens is 540 g/mol. The summed E-state index contributed by atoms with van der Waals surface area (Å²) in [6.07, 6.45) is 13.4. The first-order valence-electron chi connectivity index (χ1n) is 14.3. The molecule has 0 spiro atoms. The summed E-state index contributed by atoms with van der Waals surface area (Å²) in [6.45, 7) is 0.114. The molecule has 42 heavy (non-hydrogen) atoms. The number of amides is 3. The average Bonchev–Trinajstić information content (AvgIpc) is 3.39. The van der Waals surface area contributed by atoms with E-state index in [1.807, 2.05) is 0 Å². The maximum Gasteiger partial charge on any atom is 0.405 e. The number of rotatable bonds is 12. The number of aryl methyl sites for hydroxylation is 1. The van der Waals surface area contributed by atoms with E-state index in [1.54, 1.807) is 32.4 Å². The summed E-state index contributed by atoms with van der Waals surface area (Å²) in [5.74, 6) is 0.344. The number of hydrogen-bond donors (Lipinski definition) is 4. The van der Waals surface area contributed by atoms with Crippen LogP contribution in [0.5, 0.6) is 0 Å². The van der Waals surface area contributed by atoms with Crippen LogP contribution in [0.1, 0.15) is 62.9 Å². The lowest BCUT2D eigenvalue weighted by Crippen LogP contribution is -2.44. The second-order valence-electron chi connectivity index (χ2n) is 10.8. The zero-order valence-electron chi connectivity index (χ0n) is 24.0. The monoisotopic (exact) mass is 578 g/mol. The number of carboxylic acid groups (broad SMARTS) is 1. The van der Waals surface area contributed by atoms with E-state index in [-0.39, 0.29) is 31.0 Å². The molecule has 1 aliphatic rings. The maximum atomic E-state index is 13.2. The Morgan fingerprint density at radius 2 is 2.00 bits per heavy atom. The number of nitrogens with one attached hydrogen (secondary N) is 3. The molecule has 3 aromatic heterocycles. The Bertz CT molecular complexity index is 1490. The molecule has 3 aromatic rings. The van der Waals surface area contributed by atoms with Gasteiger partial charge in [0.25, 0.3) is 5.56 Å². The highest BCUT2D eigenvalue weighted by atomic mass is 16.4. The van der Waals surface area contributed by atoms with Crippen molar-refractivity contribution < 1.29 is 19.5 Å². The van der Waals surface area contributed by atoms with Gasteiger partial charge in [-0.1, -0.05) is 38.2 Å². The number of hydrogen-bond acceptors (Lipinski definition) is 7. The van der Waals surface area contributed by atoms with Crippen molar-refractivity contribution in [2.45, 2.75) is 70.4 Å². The van der Waals surface area contributed by atoms with Crippen molar-refractivity contribution in [3.05, 3.63) is 58.7 Å². The molecule has 0 saturated heterocycles. The molecular formula is C29H38N8O5. The molecule has 3 amide bonds. The number of fused-ring (bicyclic) bond motifs is 1. The Balaban J connectivity index is 1.43. The summed E-state index contributed by atoms with van der Waals surface area (Å²) in [5, 5.41) is 13.9. The molecule has 1 saturated carbocycles. The van der Waals surface area contributed by atoms with Crippen LogP contribution in [0, 0.1) is 5.92 Å². The summed E-state index contributed by atoms with van der Waals surface area (Å²) in [4.78, 5) is 67.1. The quantitative estimate of drug-likeness (QED) is 0.237. The summed E-state index contributed by atoms with van der Waals surface area (Å²) in [6, 6.07) is 1.94. The fraction of sp³-hybridized carbons (Fsp3) is 0.483. The Morgan fingerprint density at radius 3 is 2.74 bits per heavy atom. The van der Waals surface area contributed by atoms with Gasteiger partial charge in [0.2, 0.25) is 11.8 Å². The molecule has 224 valence electrons. The highest BCUT2D eigenvalue weighted by Crippen LogP contribution is 2.28. The maximum absolute atomic E-state index is 13.2. The fourth-order valence-corrected chi connectivity index (χ4v) is 5.16. The van der Waals surface area contributed by atoms with Crippen molar-refractivity contribution in [2.75, 3.05) is 19.4 Å². The number of imidazole rings is 1. The molecule has 1 aliphatic carbocycles. The van der Waals surface area contributed by atoms with Crippen LogP contribution in [0.25, 0.3) is 11.2 Å². The minimum atomic E-state index is -1.37. The zero-order valence-corrected chi connectivity index (χ0v) is 24.0. The minimum Gasteiger partial charge on any atom is -0.465 e. The highest BCUT2D eigenvalue weighted by molar-refractivity contribution is 5.96. The molecule has 4 N–H and O–H groups in total.